The number of hydrogen-bond acceptors (Lipinski definition) is 3. The molecular formula is C15H28N2O2. The highest BCUT2D eigenvalue weighted by atomic mass is 16.4. The molecule has 1 aliphatic heterocycles. The fourth-order valence-electron chi connectivity index (χ4n) is 3.48. The number of piperidine rings is 1. The van der Waals surface area contributed by atoms with E-state index in [1.54, 1.807) is 0 Å². The van der Waals surface area contributed by atoms with E-state index in [1.165, 1.54) is 25.7 Å². The van der Waals surface area contributed by atoms with Crippen LogP contribution in [0.4, 0.5) is 0 Å². The van der Waals surface area contributed by atoms with E-state index in [-0.39, 0.29) is 5.92 Å². The normalized spacial score (nSPS) is 31.5. The van der Waals surface area contributed by atoms with Gasteiger partial charge in [-0.3, -0.25) is 9.69 Å². The Morgan fingerprint density at radius 3 is 2.58 bits per heavy atom. The molecule has 2 rings (SSSR count). The molecule has 0 aromatic heterocycles. The summed E-state index contributed by atoms with van der Waals surface area (Å²) in [6, 6.07) is 1.46. The van der Waals surface area contributed by atoms with Gasteiger partial charge in [-0.25, -0.2) is 0 Å². The summed E-state index contributed by atoms with van der Waals surface area (Å²) in [7, 11) is 0. The minimum atomic E-state index is -0.633. The zero-order valence-corrected chi connectivity index (χ0v) is 12.3. The molecule has 1 aliphatic carbocycles. The van der Waals surface area contributed by atoms with Crippen LogP contribution in [0.3, 0.4) is 0 Å². The summed E-state index contributed by atoms with van der Waals surface area (Å²) in [6.45, 7) is 6.10. The second kappa shape index (κ2) is 6.71. The van der Waals surface area contributed by atoms with Gasteiger partial charge in [0.05, 0.1) is 5.92 Å². The third kappa shape index (κ3) is 3.93. The first kappa shape index (κ1) is 14.8. The number of nitrogens with zero attached hydrogens (tertiary/aromatic N) is 1. The van der Waals surface area contributed by atoms with E-state index in [4.69, 9.17) is 0 Å². The molecule has 4 nitrogen and oxygen atoms in total. The molecule has 0 aromatic rings. The monoisotopic (exact) mass is 268 g/mol. The fourth-order valence-corrected chi connectivity index (χ4v) is 3.48. The highest BCUT2D eigenvalue weighted by Gasteiger charge is 2.34. The Hall–Kier alpha value is -0.610. The molecule has 0 radical (unpaired) electrons. The maximum atomic E-state index is 11.3. The average molecular weight is 268 g/mol. The third-order valence-electron chi connectivity index (χ3n) is 4.87. The van der Waals surface area contributed by atoms with Gasteiger partial charge in [0.25, 0.3) is 0 Å². The molecule has 1 saturated carbocycles. The van der Waals surface area contributed by atoms with Gasteiger partial charge in [-0.1, -0.05) is 19.8 Å². The molecule has 3 atom stereocenters. The van der Waals surface area contributed by atoms with Crippen LogP contribution in [0.25, 0.3) is 0 Å². The Bertz CT molecular complexity index is 303. The van der Waals surface area contributed by atoms with Crippen molar-refractivity contribution >= 4 is 5.97 Å². The summed E-state index contributed by atoms with van der Waals surface area (Å²) in [5, 5.41) is 13.0. The lowest BCUT2D eigenvalue weighted by Gasteiger charge is -2.40. The largest absolute Gasteiger partial charge is 0.481 e. The van der Waals surface area contributed by atoms with Crippen LogP contribution >= 0.6 is 0 Å². The first-order valence-electron chi connectivity index (χ1n) is 7.83. The van der Waals surface area contributed by atoms with E-state index in [1.807, 2.05) is 0 Å². The predicted octanol–water partition coefficient (Wildman–Crippen LogP) is 2.09. The lowest BCUT2D eigenvalue weighted by Crippen LogP contribution is -2.55. The first-order chi connectivity index (χ1) is 9.10. The molecule has 0 aromatic carbocycles. The van der Waals surface area contributed by atoms with E-state index in [0.29, 0.717) is 24.7 Å². The number of nitrogens with one attached hydrogen (secondary N) is 1. The number of rotatable bonds is 5. The number of carboxylic acid groups (broad SMARTS) is 1. The van der Waals surface area contributed by atoms with Gasteiger partial charge in [-0.15, -0.1) is 0 Å². The molecule has 0 amide bonds. The predicted molar refractivity (Wildman–Crippen MR) is 76.2 cm³/mol. The standard InChI is InChI=1S/C15H28N2O2/c1-3-11(2)17-9-12(15(18)19)8-14(10-17)16-13-6-4-5-7-13/h11-14,16H,3-10H2,1-2H3,(H,18,19). The number of likely N-dealkylation sites (tertiary alicyclic amines) is 1. The lowest BCUT2D eigenvalue weighted by molar-refractivity contribution is -0.144. The van der Waals surface area contributed by atoms with Crippen molar-refractivity contribution in [1.82, 2.24) is 10.2 Å². The highest BCUT2D eigenvalue weighted by Crippen LogP contribution is 2.24. The molecule has 4 heteroatoms. The maximum absolute atomic E-state index is 11.3. The van der Waals surface area contributed by atoms with E-state index in [0.717, 1.165) is 19.4 Å². The summed E-state index contributed by atoms with van der Waals surface area (Å²) in [4.78, 5) is 13.7. The van der Waals surface area contributed by atoms with Crippen LogP contribution in [-0.4, -0.2) is 47.2 Å². The summed E-state index contributed by atoms with van der Waals surface area (Å²) in [6.07, 6.45) is 7.04. The van der Waals surface area contributed by atoms with Crippen LogP contribution in [0.5, 0.6) is 0 Å². The van der Waals surface area contributed by atoms with Crippen LogP contribution < -0.4 is 5.32 Å². The van der Waals surface area contributed by atoms with Crippen molar-refractivity contribution in [3.05, 3.63) is 0 Å². The number of hydrogen-bond donors (Lipinski definition) is 2. The minimum absolute atomic E-state index is 0.207. The van der Waals surface area contributed by atoms with Crippen molar-refractivity contribution in [2.24, 2.45) is 5.92 Å². The molecule has 0 bridgehead atoms. The highest BCUT2D eigenvalue weighted by molar-refractivity contribution is 5.70. The fraction of sp³-hybridized carbons (Fsp3) is 0.933. The SMILES string of the molecule is CCC(C)N1CC(NC2CCCC2)CC(C(=O)O)C1. The van der Waals surface area contributed by atoms with Crippen molar-refractivity contribution < 1.29 is 9.90 Å². The van der Waals surface area contributed by atoms with Crippen LogP contribution in [-0.2, 0) is 4.79 Å². The van der Waals surface area contributed by atoms with E-state index in [9.17, 15) is 9.90 Å². The molecule has 1 saturated heterocycles. The molecule has 1 heterocycles. The molecule has 2 N–H and O–H groups in total. The number of aliphatic carboxylic acids is 1. The smallest absolute Gasteiger partial charge is 0.307 e. The Morgan fingerprint density at radius 1 is 1.32 bits per heavy atom. The molecule has 19 heavy (non-hydrogen) atoms. The maximum Gasteiger partial charge on any atom is 0.307 e. The van der Waals surface area contributed by atoms with Gasteiger partial charge < -0.3 is 10.4 Å². The third-order valence-corrected chi connectivity index (χ3v) is 4.87. The number of carboxylic acids is 1. The van der Waals surface area contributed by atoms with E-state index >= 15 is 0 Å². The van der Waals surface area contributed by atoms with Gasteiger partial charge in [-0.2, -0.15) is 0 Å². The molecule has 0 spiro atoms. The quantitative estimate of drug-likeness (QED) is 0.801. The van der Waals surface area contributed by atoms with Gasteiger partial charge in [-0.05, 0) is 32.6 Å². The minimum Gasteiger partial charge on any atom is -0.481 e. The van der Waals surface area contributed by atoms with Gasteiger partial charge >= 0.3 is 5.97 Å². The van der Waals surface area contributed by atoms with Crippen LogP contribution in [0.15, 0.2) is 0 Å². The second-order valence-corrected chi connectivity index (χ2v) is 6.33. The topological polar surface area (TPSA) is 52.6 Å². The van der Waals surface area contributed by atoms with Gasteiger partial charge in [0.1, 0.15) is 0 Å². The van der Waals surface area contributed by atoms with Crippen molar-refractivity contribution in [3.8, 4) is 0 Å². The van der Waals surface area contributed by atoms with E-state index in [2.05, 4.69) is 24.1 Å². The van der Waals surface area contributed by atoms with E-state index < -0.39 is 5.97 Å². The van der Waals surface area contributed by atoms with Crippen LogP contribution in [0.1, 0.15) is 52.4 Å². The first-order valence-corrected chi connectivity index (χ1v) is 7.83. The molecule has 2 aliphatic rings. The van der Waals surface area contributed by atoms with Gasteiger partial charge in [0.15, 0.2) is 0 Å². The molecule has 110 valence electrons. The van der Waals surface area contributed by atoms with Crippen LogP contribution in [0.2, 0.25) is 0 Å². The Labute approximate surface area is 116 Å². The zero-order chi connectivity index (χ0) is 13.8. The second-order valence-electron chi connectivity index (χ2n) is 6.33. The van der Waals surface area contributed by atoms with Gasteiger partial charge in [0.2, 0.25) is 0 Å². The lowest BCUT2D eigenvalue weighted by atomic mass is 9.92. The van der Waals surface area contributed by atoms with Gasteiger partial charge in [0, 0.05) is 31.2 Å². The summed E-state index contributed by atoms with van der Waals surface area (Å²) >= 11 is 0. The van der Waals surface area contributed by atoms with Crippen molar-refractivity contribution in [2.75, 3.05) is 13.1 Å². The molecule has 3 unspecified atom stereocenters. The Morgan fingerprint density at radius 2 is 2.00 bits per heavy atom. The van der Waals surface area contributed by atoms with Crippen molar-refractivity contribution in [1.29, 1.82) is 0 Å². The summed E-state index contributed by atoms with van der Waals surface area (Å²) < 4.78 is 0. The van der Waals surface area contributed by atoms with Crippen molar-refractivity contribution in [3.63, 3.8) is 0 Å². The molecular weight excluding hydrogens is 240 g/mol. The Kier molecular flexibility index (Phi) is 5.22. The summed E-state index contributed by atoms with van der Waals surface area (Å²) in [5.41, 5.74) is 0. The number of carbonyl (C=O) groups is 1. The van der Waals surface area contributed by atoms with Crippen molar-refractivity contribution in [2.45, 2.75) is 70.5 Å². The average Bonchev–Trinajstić information content (AvgIpc) is 2.90. The Balaban J connectivity index is 1.95. The molecule has 2 fully saturated rings. The summed E-state index contributed by atoms with van der Waals surface area (Å²) in [5.74, 6) is -0.840. The zero-order valence-electron chi connectivity index (χ0n) is 12.3. The van der Waals surface area contributed by atoms with Crippen LogP contribution in [0, 0.1) is 5.92 Å².